The minimum atomic E-state index is 0.0446. The third-order valence-corrected chi connectivity index (χ3v) is 10.9. The van der Waals surface area contributed by atoms with E-state index in [0.717, 1.165) is 74.5 Å². The molecule has 43 heavy (non-hydrogen) atoms. The van der Waals surface area contributed by atoms with Crippen LogP contribution in [0.2, 0.25) is 5.02 Å². The first kappa shape index (κ1) is 27.4. The van der Waals surface area contributed by atoms with Crippen LogP contribution < -0.4 is 4.90 Å². The van der Waals surface area contributed by atoms with Crippen LogP contribution in [-0.2, 0) is 36.1 Å². The van der Waals surface area contributed by atoms with Crippen molar-refractivity contribution in [2.24, 2.45) is 0 Å². The predicted octanol–water partition coefficient (Wildman–Crippen LogP) is 6.73. The van der Waals surface area contributed by atoms with Gasteiger partial charge in [0, 0.05) is 54.8 Å². The van der Waals surface area contributed by atoms with E-state index in [4.69, 9.17) is 26.3 Å². The number of benzene rings is 2. The largest absolute Gasteiger partial charge is 0.376 e. The molecular formula is C36H40ClN5O. The van der Waals surface area contributed by atoms with E-state index in [1.165, 1.54) is 40.9 Å². The number of piperazine rings is 1. The van der Waals surface area contributed by atoms with Gasteiger partial charge in [0.2, 0.25) is 0 Å². The number of hydrogen-bond acceptors (Lipinski definition) is 5. The van der Waals surface area contributed by atoms with Gasteiger partial charge in [0.05, 0.1) is 29.7 Å². The summed E-state index contributed by atoms with van der Waals surface area (Å²) in [5.74, 6) is 1.09. The molecular weight excluding hydrogens is 554 g/mol. The Labute approximate surface area is 259 Å². The first-order chi connectivity index (χ1) is 20.9. The molecule has 6 nitrogen and oxygen atoms in total. The fourth-order valence-electron chi connectivity index (χ4n) is 7.96. The second kappa shape index (κ2) is 10.5. The maximum absolute atomic E-state index is 6.74. The zero-order chi connectivity index (χ0) is 29.3. The molecule has 4 unspecified atom stereocenters. The van der Waals surface area contributed by atoms with E-state index in [1.807, 2.05) is 18.3 Å². The van der Waals surface area contributed by atoms with E-state index in [2.05, 4.69) is 71.2 Å². The molecule has 8 rings (SSSR count). The third-order valence-electron chi connectivity index (χ3n) is 10.6. The lowest BCUT2D eigenvalue weighted by Gasteiger charge is -2.55. The van der Waals surface area contributed by atoms with Crippen molar-refractivity contribution >= 4 is 34.4 Å². The van der Waals surface area contributed by atoms with E-state index >= 15 is 0 Å². The zero-order valence-electron chi connectivity index (χ0n) is 25.2. The molecule has 4 aliphatic rings. The summed E-state index contributed by atoms with van der Waals surface area (Å²) in [6.07, 6.45) is 9.79. The van der Waals surface area contributed by atoms with Crippen molar-refractivity contribution in [2.45, 2.75) is 82.6 Å². The van der Waals surface area contributed by atoms with Crippen LogP contribution in [0, 0.1) is 6.92 Å². The van der Waals surface area contributed by atoms with Crippen LogP contribution in [0.3, 0.4) is 0 Å². The Bertz CT molecular complexity index is 1710. The maximum Gasteiger partial charge on any atom is 0.124 e. The first-order valence-corrected chi connectivity index (χ1v) is 16.3. The molecule has 7 heteroatoms. The molecule has 0 N–H and O–H groups in total. The Balaban J connectivity index is 1.05. The van der Waals surface area contributed by atoms with Crippen molar-refractivity contribution in [3.05, 3.63) is 94.0 Å². The van der Waals surface area contributed by atoms with Gasteiger partial charge in [-0.3, -0.25) is 9.88 Å². The number of fused-ring (bicyclic) bond motifs is 3. The van der Waals surface area contributed by atoms with E-state index in [1.54, 1.807) is 0 Å². The lowest BCUT2D eigenvalue weighted by atomic mass is 9.80. The molecule has 4 atom stereocenters. The smallest absolute Gasteiger partial charge is 0.124 e. The van der Waals surface area contributed by atoms with E-state index < -0.39 is 0 Å². The highest BCUT2D eigenvalue weighted by atomic mass is 35.5. The summed E-state index contributed by atoms with van der Waals surface area (Å²) >= 11 is 6.74. The number of imidazole rings is 1. The third kappa shape index (κ3) is 4.61. The molecule has 1 saturated carbocycles. The summed E-state index contributed by atoms with van der Waals surface area (Å²) in [6, 6.07) is 16.6. The highest BCUT2D eigenvalue weighted by Gasteiger charge is 2.45. The highest BCUT2D eigenvalue weighted by molar-refractivity contribution is 6.35. The zero-order valence-corrected chi connectivity index (χ0v) is 26.0. The molecule has 4 aromatic rings. The van der Waals surface area contributed by atoms with Gasteiger partial charge in [-0.1, -0.05) is 49.4 Å². The highest BCUT2D eigenvalue weighted by Crippen LogP contribution is 2.46. The van der Waals surface area contributed by atoms with Gasteiger partial charge < -0.3 is 14.2 Å². The summed E-state index contributed by atoms with van der Waals surface area (Å²) in [6.45, 7) is 13.0. The molecule has 0 bridgehead atoms. The van der Waals surface area contributed by atoms with Crippen LogP contribution in [0.25, 0.3) is 17.1 Å². The standard InChI is InChI=1S/C36H40ClN5O/c1-4-24-16-28(37)35-32(17-24)42(21-26-12-15-43-26)34(39-35)22-40-13-14-41(31-10-9-30(31)40)29-7-5-6-25-18-36(3,19-27(25)29)33-11-8-23(2)20-38-33/h4-8,11,16-17,20,26,30-31H,1,9-10,12-15,18-19,21-22H2,2-3H3. The summed E-state index contributed by atoms with van der Waals surface area (Å²) in [4.78, 5) is 15.4. The molecule has 2 aromatic carbocycles. The summed E-state index contributed by atoms with van der Waals surface area (Å²) in [5, 5.41) is 0.694. The molecule has 0 amide bonds. The summed E-state index contributed by atoms with van der Waals surface area (Å²) in [5.41, 5.74) is 9.93. The summed E-state index contributed by atoms with van der Waals surface area (Å²) < 4.78 is 8.22. The molecule has 0 radical (unpaired) electrons. The average molecular weight is 594 g/mol. The van der Waals surface area contributed by atoms with Crippen molar-refractivity contribution < 1.29 is 4.74 Å². The van der Waals surface area contributed by atoms with Gasteiger partial charge in [-0.2, -0.15) is 0 Å². The van der Waals surface area contributed by atoms with Crippen molar-refractivity contribution in [1.29, 1.82) is 0 Å². The monoisotopic (exact) mass is 593 g/mol. The van der Waals surface area contributed by atoms with Gasteiger partial charge >= 0.3 is 0 Å². The molecule has 0 spiro atoms. The normalized spacial score (nSPS) is 26.6. The van der Waals surface area contributed by atoms with Crippen molar-refractivity contribution in [2.75, 3.05) is 24.6 Å². The lowest BCUT2D eigenvalue weighted by molar-refractivity contribution is -0.0594. The fourth-order valence-corrected chi connectivity index (χ4v) is 8.23. The van der Waals surface area contributed by atoms with E-state index in [-0.39, 0.29) is 11.5 Å². The van der Waals surface area contributed by atoms with Crippen LogP contribution in [0.15, 0.2) is 55.2 Å². The van der Waals surface area contributed by atoms with Crippen molar-refractivity contribution in [3.8, 4) is 0 Å². The Morgan fingerprint density at radius 3 is 2.67 bits per heavy atom. The van der Waals surface area contributed by atoms with Crippen LogP contribution in [-0.4, -0.2) is 57.3 Å². The number of ether oxygens (including phenoxy) is 1. The molecule has 2 aromatic heterocycles. The second-order valence-corrected chi connectivity index (χ2v) is 13.8. The Kier molecular flexibility index (Phi) is 6.66. The molecule has 3 fully saturated rings. The number of hydrogen-bond donors (Lipinski definition) is 0. The predicted molar refractivity (Wildman–Crippen MR) is 174 cm³/mol. The number of aromatic nitrogens is 3. The maximum atomic E-state index is 6.74. The second-order valence-electron chi connectivity index (χ2n) is 13.4. The number of nitrogens with zero attached hydrogens (tertiary/aromatic N) is 5. The molecule has 2 saturated heterocycles. The number of pyridine rings is 1. The van der Waals surface area contributed by atoms with Gasteiger partial charge in [0.25, 0.3) is 0 Å². The Hall–Kier alpha value is -3.19. The molecule has 2 aliphatic carbocycles. The van der Waals surface area contributed by atoms with Gasteiger partial charge in [-0.25, -0.2) is 4.98 Å². The molecule has 2 aliphatic heterocycles. The first-order valence-electron chi connectivity index (χ1n) is 15.9. The SMILES string of the molecule is C=Cc1cc(Cl)c2nc(CN3CCN(c4cccc5c4CC(C)(c4ccc(C)cn4)C5)C4CCC43)n(CC3CCO3)c2c1. The van der Waals surface area contributed by atoms with Gasteiger partial charge in [0.15, 0.2) is 0 Å². The lowest BCUT2D eigenvalue weighted by Crippen LogP contribution is -2.64. The minimum Gasteiger partial charge on any atom is -0.376 e. The minimum absolute atomic E-state index is 0.0446. The number of rotatable bonds is 7. The number of anilines is 1. The van der Waals surface area contributed by atoms with Crippen LogP contribution in [0.4, 0.5) is 5.69 Å². The Morgan fingerprint density at radius 2 is 1.95 bits per heavy atom. The molecule has 4 heterocycles. The van der Waals surface area contributed by atoms with Gasteiger partial charge in [0.1, 0.15) is 11.3 Å². The van der Waals surface area contributed by atoms with Gasteiger partial charge in [-0.05, 0) is 85.5 Å². The van der Waals surface area contributed by atoms with Gasteiger partial charge in [-0.15, -0.1) is 0 Å². The van der Waals surface area contributed by atoms with Crippen molar-refractivity contribution in [3.63, 3.8) is 0 Å². The van der Waals surface area contributed by atoms with Crippen LogP contribution in [0.1, 0.15) is 60.0 Å². The average Bonchev–Trinajstić information content (AvgIpc) is 3.49. The van der Waals surface area contributed by atoms with Crippen LogP contribution in [0.5, 0.6) is 0 Å². The van der Waals surface area contributed by atoms with Crippen LogP contribution >= 0.6 is 11.6 Å². The Morgan fingerprint density at radius 1 is 1.09 bits per heavy atom. The van der Waals surface area contributed by atoms with Crippen molar-refractivity contribution in [1.82, 2.24) is 19.4 Å². The topological polar surface area (TPSA) is 46.4 Å². The number of halogens is 1. The number of aryl methyl sites for hydroxylation is 1. The quantitative estimate of drug-likeness (QED) is 0.238. The van der Waals surface area contributed by atoms with E-state index in [0.29, 0.717) is 17.1 Å². The fraction of sp³-hybridized carbons (Fsp3) is 0.444. The molecule has 222 valence electrons. The summed E-state index contributed by atoms with van der Waals surface area (Å²) in [7, 11) is 0. The van der Waals surface area contributed by atoms with E-state index in [9.17, 15) is 0 Å².